The molecule has 2 rings (SSSR count). The predicted molar refractivity (Wildman–Crippen MR) is 69.1 cm³/mol. The predicted octanol–water partition coefficient (Wildman–Crippen LogP) is 3.08. The smallest absolute Gasteiger partial charge is 0.254 e. The van der Waals surface area contributed by atoms with Gasteiger partial charge < -0.3 is 5.32 Å². The fourth-order valence-electron chi connectivity index (χ4n) is 1.60. The second-order valence-electron chi connectivity index (χ2n) is 4.05. The van der Waals surface area contributed by atoms with Gasteiger partial charge in [-0.1, -0.05) is 11.6 Å². The van der Waals surface area contributed by atoms with Gasteiger partial charge >= 0.3 is 0 Å². The van der Waals surface area contributed by atoms with E-state index in [1.54, 1.807) is 18.3 Å². The Bertz CT molecular complexity index is 554. The summed E-state index contributed by atoms with van der Waals surface area (Å²) in [6, 6.07) is 4.26. The second-order valence-corrected chi connectivity index (χ2v) is 4.97. The Morgan fingerprint density at radius 1 is 1.50 bits per heavy atom. The quantitative estimate of drug-likeness (QED) is 0.925. The van der Waals surface area contributed by atoms with Crippen molar-refractivity contribution >= 4 is 17.2 Å². The van der Waals surface area contributed by atoms with Crippen LogP contribution < -0.4 is 5.32 Å². The average molecular weight is 264 g/mol. The van der Waals surface area contributed by atoms with E-state index in [0.29, 0.717) is 0 Å². The van der Waals surface area contributed by atoms with Crippen LogP contribution in [0.5, 0.6) is 0 Å². The first-order valence-corrected chi connectivity index (χ1v) is 6.42. The fourth-order valence-corrected chi connectivity index (χ4v) is 2.24. The van der Waals surface area contributed by atoms with Crippen molar-refractivity contribution in [3.63, 3.8) is 0 Å². The van der Waals surface area contributed by atoms with E-state index >= 15 is 0 Å². The molecule has 5 heteroatoms. The zero-order valence-electron chi connectivity index (χ0n) is 10.1. The number of hydrogen-bond acceptors (Lipinski definition) is 3. The standard InChI is InChI=1S/C13H13FN2OS/c1-8-3-4-11(14)10(7-8)12(17)16-9(2)13-15-5-6-18-13/h3-7,9H,1-2H3,(H,16,17). The van der Waals surface area contributed by atoms with Crippen LogP contribution >= 0.6 is 11.3 Å². The molecule has 94 valence electrons. The van der Waals surface area contributed by atoms with Crippen LogP contribution in [-0.2, 0) is 0 Å². The van der Waals surface area contributed by atoms with Gasteiger partial charge in [-0.25, -0.2) is 9.37 Å². The van der Waals surface area contributed by atoms with Crippen molar-refractivity contribution in [1.29, 1.82) is 0 Å². The molecule has 1 aromatic carbocycles. The summed E-state index contributed by atoms with van der Waals surface area (Å²) in [6.07, 6.45) is 1.68. The largest absolute Gasteiger partial charge is 0.343 e. The first-order valence-electron chi connectivity index (χ1n) is 5.54. The third-order valence-corrected chi connectivity index (χ3v) is 3.49. The first kappa shape index (κ1) is 12.7. The van der Waals surface area contributed by atoms with Crippen LogP contribution in [0.4, 0.5) is 4.39 Å². The highest BCUT2D eigenvalue weighted by atomic mass is 32.1. The molecule has 0 bridgehead atoms. The number of hydrogen-bond donors (Lipinski definition) is 1. The van der Waals surface area contributed by atoms with Crippen molar-refractivity contribution in [2.45, 2.75) is 19.9 Å². The van der Waals surface area contributed by atoms with E-state index < -0.39 is 11.7 Å². The first-order chi connectivity index (χ1) is 8.58. The van der Waals surface area contributed by atoms with Gasteiger partial charge in [-0.3, -0.25) is 4.79 Å². The maximum atomic E-state index is 13.5. The molecular weight excluding hydrogens is 251 g/mol. The molecular formula is C13H13FN2OS. The molecule has 3 nitrogen and oxygen atoms in total. The fraction of sp³-hybridized carbons (Fsp3) is 0.231. The number of benzene rings is 1. The Balaban J connectivity index is 2.15. The minimum absolute atomic E-state index is 0.0680. The lowest BCUT2D eigenvalue weighted by atomic mass is 10.1. The molecule has 1 unspecified atom stereocenters. The molecule has 0 spiro atoms. The molecule has 1 N–H and O–H groups in total. The molecule has 0 aliphatic carbocycles. The average Bonchev–Trinajstić information content (AvgIpc) is 2.85. The number of rotatable bonds is 3. The number of nitrogens with zero attached hydrogens (tertiary/aromatic N) is 1. The Kier molecular flexibility index (Phi) is 3.72. The molecule has 0 fully saturated rings. The summed E-state index contributed by atoms with van der Waals surface area (Å²) in [4.78, 5) is 16.1. The summed E-state index contributed by atoms with van der Waals surface area (Å²) >= 11 is 1.46. The Morgan fingerprint density at radius 2 is 2.28 bits per heavy atom. The maximum absolute atomic E-state index is 13.5. The Hall–Kier alpha value is -1.75. The van der Waals surface area contributed by atoms with E-state index in [9.17, 15) is 9.18 Å². The molecule has 2 aromatic rings. The van der Waals surface area contributed by atoms with Crippen LogP contribution in [0.25, 0.3) is 0 Å². The number of aromatic nitrogens is 1. The molecule has 0 aliphatic rings. The molecule has 1 atom stereocenters. The van der Waals surface area contributed by atoms with Gasteiger partial charge in [0, 0.05) is 11.6 Å². The summed E-state index contributed by atoms with van der Waals surface area (Å²) in [5.41, 5.74) is 0.918. The third kappa shape index (κ3) is 2.73. The topological polar surface area (TPSA) is 42.0 Å². The van der Waals surface area contributed by atoms with Gasteiger partial charge in [0.05, 0.1) is 11.6 Å². The monoisotopic (exact) mass is 264 g/mol. The Morgan fingerprint density at radius 3 is 2.94 bits per heavy atom. The van der Waals surface area contributed by atoms with Crippen molar-refractivity contribution < 1.29 is 9.18 Å². The zero-order valence-corrected chi connectivity index (χ0v) is 10.9. The zero-order chi connectivity index (χ0) is 13.1. The minimum atomic E-state index is -0.510. The van der Waals surface area contributed by atoms with Gasteiger partial charge in [0.1, 0.15) is 10.8 Å². The van der Waals surface area contributed by atoms with Gasteiger partial charge in [-0.15, -0.1) is 11.3 Å². The number of thiazole rings is 1. The van der Waals surface area contributed by atoms with E-state index in [1.165, 1.54) is 17.4 Å². The van der Waals surface area contributed by atoms with Crippen molar-refractivity contribution in [3.05, 3.63) is 51.7 Å². The van der Waals surface area contributed by atoms with Gasteiger partial charge in [0.15, 0.2) is 0 Å². The lowest BCUT2D eigenvalue weighted by Gasteiger charge is -2.12. The summed E-state index contributed by atoms with van der Waals surface area (Å²) < 4.78 is 13.5. The summed E-state index contributed by atoms with van der Waals surface area (Å²) in [6.45, 7) is 3.64. The molecule has 0 aliphatic heterocycles. The van der Waals surface area contributed by atoms with Crippen molar-refractivity contribution in [2.75, 3.05) is 0 Å². The number of aryl methyl sites for hydroxylation is 1. The van der Waals surface area contributed by atoms with Gasteiger partial charge in [0.25, 0.3) is 5.91 Å². The van der Waals surface area contributed by atoms with E-state index in [0.717, 1.165) is 10.6 Å². The number of carbonyl (C=O) groups is 1. The number of nitrogens with one attached hydrogen (secondary N) is 1. The van der Waals surface area contributed by atoms with Crippen molar-refractivity contribution in [3.8, 4) is 0 Å². The lowest BCUT2D eigenvalue weighted by Crippen LogP contribution is -2.27. The highest BCUT2D eigenvalue weighted by Gasteiger charge is 2.16. The normalized spacial score (nSPS) is 12.2. The van der Waals surface area contributed by atoms with Crippen LogP contribution in [0, 0.1) is 12.7 Å². The third-order valence-electron chi connectivity index (χ3n) is 2.54. The summed E-state index contributed by atoms with van der Waals surface area (Å²) in [7, 11) is 0. The summed E-state index contributed by atoms with van der Waals surface area (Å²) in [5, 5.41) is 5.38. The Labute approximate surface area is 109 Å². The van der Waals surface area contributed by atoms with Gasteiger partial charge in [0.2, 0.25) is 0 Å². The van der Waals surface area contributed by atoms with Crippen LogP contribution in [0.1, 0.15) is 33.9 Å². The maximum Gasteiger partial charge on any atom is 0.254 e. The number of amides is 1. The van der Waals surface area contributed by atoms with Crippen molar-refractivity contribution in [1.82, 2.24) is 10.3 Å². The highest BCUT2D eigenvalue weighted by Crippen LogP contribution is 2.16. The molecule has 1 aromatic heterocycles. The van der Waals surface area contributed by atoms with E-state index in [2.05, 4.69) is 10.3 Å². The molecule has 0 radical (unpaired) electrons. The van der Waals surface area contributed by atoms with Crippen molar-refractivity contribution in [2.24, 2.45) is 0 Å². The SMILES string of the molecule is Cc1ccc(F)c(C(=O)NC(C)c2nccs2)c1. The highest BCUT2D eigenvalue weighted by molar-refractivity contribution is 7.09. The van der Waals surface area contributed by atoms with Crippen LogP contribution in [-0.4, -0.2) is 10.9 Å². The van der Waals surface area contributed by atoms with Crippen LogP contribution in [0.3, 0.4) is 0 Å². The number of halogens is 1. The minimum Gasteiger partial charge on any atom is -0.343 e. The van der Waals surface area contributed by atoms with E-state index in [4.69, 9.17) is 0 Å². The molecule has 18 heavy (non-hydrogen) atoms. The summed E-state index contributed by atoms with van der Waals surface area (Å²) in [5.74, 6) is -0.927. The molecule has 1 heterocycles. The molecule has 0 saturated carbocycles. The van der Waals surface area contributed by atoms with Crippen LogP contribution in [0.15, 0.2) is 29.8 Å². The van der Waals surface area contributed by atoms with Gasteiger partial charge in [-0.05, 0) is 26.0 Å². The number of carbonyl (C=O) groups excluding carboxylic acids is 1. The van der Waals surface area contributed by atoms with E-state index in [1.807, 2.05) is 19.2 Å². The van der Waals surface area contributed by atoms with Crippen LogP contribution in [0.2, 0.25) is 0 Å². The molecule has 1 amide bonds. The second kappa shape index (κ2) is 5.27. The lowest BCUT2D eigenvalue weighted by molar-refractivity contribution is 0.0935. The molecule has 0 saturated heterocycles. The van der Waals surface area contributed by atoms with E-state index in [-0.39, 0.29) is 11.6 Å². The van der Waals surface area contributed by atoms with Gasteiger partial charge in [-0.2, -0.15) is 0 Å².